The Balaban J connectivity index is 2.97. The Labute approximate surface area is 126 Å². The zero-order valence-electron chi connectivity index (χ0n) is 12.1. The maximum atomic E-state index is 13.6. The summed E-state index contributed by atoms with van der Waals surface area (Å²) < 4.78 is 35.9. The first-order valence-electron chi connectivity index (χ1n) is 6.43. The van der Waals surface area contributed by atoms with E-state index in [1.807, 2.05) is 0 Å². The second-order valence-corrected chi connectivity index (χ2v) is 4.23. The maximum absolute atomic E-state index is 13.6. The molecule has 5 nitrogen and oxygen atoms in total. The van der Waals surface area contributed by atoms with E-state index < -0.39 is 24.0 Å². The Kier molecular flexibility index (Phi) is 6.18. The minimum atomic E-state index is -4.08. The normalized spacial score (nSPS) is 13.0. The lowest BCUT2D eigenvalue weighted by molar-refractivity contribution is -0.183. The van der Waals surface area contributed by atoms with Gasteiger partial charge in [-0.3, -0.25) is 0 Å². The molecule has 0 saturated carbocycles. The van der Waals surface area contributed by atoms with Gasteiger partial charge >= 0.3 is 17.9 Å². The molecule has 0 radical (unpaired) electrons. The Morgan fingerprint density at radius 1 is 1.36 bits per heavy atom. The van der Waals surface area contributed by atoms with Crippen LogP contribution in [0.2, 0.25) is 0 Å². The fraction of sp³-hybridized carbons (Fsp3) is 0.333. The van der Waals surface area contributed by atoms with E-state index in [4.69, 9.17) is 0 Å². The molecule has 0 aromatic heterocycles. The highest BCUT2D eigenvalue weighted by Gasteiger charge is 2.47. The van der Waals surface area contributed by atoms with E-state index in [9.17, 15) is 23.5 Å². The van der Waals surface area contributed by atoms with Crippen LogP contribution in [0.4, 0.5) is 8.78 Å². The van der Waals surface area contributed by atoms with Crippen molar-refractivity contribution in [3.63, 3.8) is 0 Å². The number of alkyl halides is 2. The Morgan fingerprint density at radius 2 is 2.00 bits per heavy atom. The molecule has 0 amide bonds. The quantitative estimate of drug-likeness (QED) is 0.814. The van der Waals surface area contributed by atoms with Gasteiger partial charge in [0.15, 0.2) is 0 Å². The van der Waals surface area contributed by atoms with Crippen LogP contribution in [-0.4, -0.2) is 42.8 Å². The van der Waals surface area contributed by atoms with Gasteiger partial charge in [-0.1, -0.05) is 24.3 Å². The number of benzene rings is 1. The first-order valence-corrected chi connectivity index (χ1v) is 6.43. The van der Waals surface area contributed by atoms with Crippen LogP contribution in [0, 0.1) is 0 Å². The summed E-state index contributed by atoms with van der Waals surface area (Å²) in [6.45, 7) is 1.15. The van der Waals surface area contributed by atoms with Gasteiger partial charge in [0, 0.05) is 0 Å². The minimum Gasteiger partial charge on any atom is -0.465 e. The summed E-state index contributed by atoms with van der Waals surface area (Å²) in [5.74, 6) is -6.53. The van der Waals surface area contributed by atoms with Crippen molar-refractivity contribution in [2.75, 3.05) is 13.7 Å². The van der Waals surface area contributed by atoms with Crippen LogP contribution in [0.5, 0.6) is 0 Å². The van der Waals surface area contributed by atoms with E-state index in [-0.39, 0.29) is 17.7 Å². The molecule has 1 aromatic carbocycles. The molecule has 0 spiro atoms. The molecule has 1 N–H and O–H groups in total. The molecule has 1 aromatic rings. The average Bonchev–Trinajstić information content (AvgIpc) is 2.52. The monoisotopic (exact) mass is 314 g/mol. The van der Waals surface area contributed by atoms with Gasteiger partial charge in [0.1, 0.15) is 6.10 Å². The molecule has 1 unspecified atom stereocenters. The zero-order chi connectivity index (χ0) is 16.8. The molecule has 0 heterocycles. The van der Waals surface area contributed by atoms with E-state index in [0.29, 0.717) is 0 Å². The van der Waals surface area contributed by atoms with Crippen molar-refractivity contribution >= 4 is 18.0 Å². The number of ether oxygens (including phenoxy) is 2. The number of aliphatic hydroxyl groups is 1. The van der Waals surface area contributed by atoms with Gasteiger partial charge in [0.2, 0.25) is 0 Å². The molecular weight excluding hydrogens is 298 g/mol. The van der Waals surface area contributed by atoms with Crippen molar-refractivity contribution < 1.29 is 33.0 Å². The van der Waals surface area contributed by atoms with Gasteiger partial charge in [-0.25, -0.2) is 9.59 Å². The van der Waals surface area contributed by atoms with E-state index in [1.54, 1.807) is 12.1 Å². The molecule has 0 aliphatic heterocycles. The number of carbonyl (C=O) groups is 2. The molecule has 0 bridgehead atoms. The average molecular weight is 314 g/mol. The predicted molar refractivity (Wildman–Crippen MR) is 74.4 cm³/mol. The van der Waals surface area contributed by atoms with Crippen LogP contribution in [0.1, 0.15) is 22.8 Å². The number of methoxy groups -OCH3 is 1. The van der Waals surface area contributed by atoms with Gasteiger partial charge < -0.3 is 14.6 Å². The predicted octanol–water partition coefficient (Wildman–Crippen LogP) is 2.05. The molecule has 0 aliphatic carbocycles. The molecule has 1 rings (SSSR count). The molecule has 7 heteroatoms. The fourth-order valence-electron chi connectivity index (χ4n) is 1.60. The van der Waals surface area contributed by atoms with Crippen molar-refractivity contribution in [2.45, 2.75) is 19.0 Å². The van der Waals surface area contributed by atoms with Crippen molar-refractivity contribution in [3.05, 3.63) is 41.5 Å². The number of hydrogen-bond acceptors (Lipinski definition) is 5. The second kappa shape index (κ2) is 7.65. The Bertz CT molecular complexity index is 569. The first kappa shape index (κ1) is 17.8. The van der Waals surface area contributed by atoms with Crippen molar-refractivity contribution in [2.24, 2.45) is 0 Å². The van der Waals surface area contributed by atoms with E-state index in [0.717, 1.165) is 12.2 Å². The molecule has 120 valence electrons. The van der Waals surface area contributed by atoms with Crippen LogP contribution in [0.15, 0.2) is 30.3 Å². The highest BCUT2D eigenvalue weighted by molar-refractivity contribution is 5.93. The number of rotatable bonds is 6. The third-order valence-electron chi connectivity index (χ3n) is 2.74. The lowest BCUT2D eigenvalue weighted by Crippen LogP contribution is -2.41. The van der Waals surface area contributed by atoms with Crippen LogP contribution in [0.3, 0.4) is 0 Å². The molecule has 0 fully saturated rings. The summed E-state index contributed by atoms with van der Waals surface area (Å²) in [6, 6.07) is 6.09. The topological polar surface area (TPSA) is 72.8 Å². The van der Waals surface area contributed by atoms with Gasteiger partial charge in [-0.2, -0.15) is 8.78 Å². The lowest BCUT2D eigenvalue weighted by atomic mass is 10.1. The van der Waals surface area contributed by atoms with Crippen molar-refractivity contribution in [1.29, 1.82) is 0 Å². The van der Waals surface area contributed by atoms with Gasteiger partial charge in [0.05, 0.1) is 19.3 Å². The van der Waals surface area contributed by atoms with Gasteiger partial charge in [0.25, 0.3) is 0 Å². The van der Waals surface area contributed by atoms with E-state index in [2.05, 4.69) is 9.47 Å². The summed E-state index contributed by atoms with van der Waals surface area (Å²) in [4.78, 5) is 22.6. The standard InChI is InChI=1S/C15H16F2O5/c1-3-22-14(20)15(16,17)12(18)9-8-10-6-4-5-7-11(10)13(19)21-2/h4-9,12,18H,3H2,1-2H3/b9-8+. The molecule has 0 aliphatic rings. The molecular formula is C15H16F2O5. The SMILES string of the molecule is CCOC(=O)C(F)(F)C(O)/C=C/c1ccccc1C(=O)OC. The fourth-order valence-corrected chi connectivity index (χ4v) is 1.60. The summed E-state index contributed by atoms with van der Waals surface area (Å²) >= 11 is 0. The van der Waals surface area contributed by atoms with Crippen LogP contribution in [0.25, 0.3) is 6.08 Å². The number of hydrogen-bond donors (Lipinski definition) is 1. The second-order valence-electron chi connectivity index (χ2n) is 4.23. The number of esters is 2. The largest absolute Gasteiger partial charge is 0.465 e. The van der Waals surface area contributed by atoms with Gasteiger partial charge in [-0.15, -0.1) is 0 Å². The third-order valence-corrected chi connectivity index (χ3v) is 2.74. The lowest BCUT2D eigenvalue weighted by Gasteiger charge is -2.17. The molecule has 1 atom stereocenters. The number of halogens is 2. The summed E-state index contributed by atoms with van der Waals surface area (Å²) in [5.41, 5.74) is 0.418. The van der Waals surface area contributed by atoms with E-state index >= 15 is 0 Å². The smallest absolute Gasteiger partial charge is 0.380 e. The third kappa shape index (κ3) is 4.11. The maximum Gasteiger partial charge on any atom is 0.380 e. The number of carbonyl (C=O) groups excluding carboxylic acids is 2. The molecule has 22 heavy (non-hydrogen) atoms. The minimum absolute atomic E-state index is 0.146. The van der Waals surface area contributed by atoms with Crippen molar-refractivity contribution in [3.8, 4) is 0 Å². The van der Waals surface area contributed by atoms with Gasteiger partial charge in [-0.05, 0) is 24.6 Å². The number of aliphatic hydroxyl groups excluding tert-OH is 1. The summed E-state index contributed by atoms with van der Waals surface area (Å²) in [6.07, 6.45) is -0.541. The summed E-state index contributed by atoms with van der Waals surface area (Å²) in [7, 11) is 1.19. The van der Waals surface area contributed by atoms with Crippen LogP contribution in [-0.2, 0) is 14.3 Å². The highest BCUT2D eigenvalue weighted by atomic mass is 19.3. The summed E-state index contributed by atoms with van der Waals surface area (Å²) in [5, 5.41) is 9.47. The Hall–Kier alpha value is -2.28. The van der Waals surface area contributed by atoms with Crippen molar-refractivity contribution in [1.82, 2.24) is 0 Å². The Morgan fingerprint density at radius 3 is 2.59 bits per heavy atom. The first-order chi connectivity index (χ1) is 10.3. The molecule has 0 saturated heterocycles. The van der Waals surface area contributed by atoms with Crippen LogP contribution >= 0.6 is 0 Å². The van der Waals surface area contributed by atoms with Crippen LogP contribution < -0.4 is 0 Å². The highest BCUT2D eigenvalue weighted by Crippen LogP contribution is 2.23. The van der Waals surface area contributed by atoms with E-state index in [1.165, 1.54) is 26.2 Å². The zero-order valence-corrected chi connectivity index (χ0v) is 12.1.